The molecule has 0 atom stereocenters. The lowest BCUT2D eigenvalue weighted by Gasteiger charge is -2.28. The lowest BCUT2D eigenvalue weighted by Crippen LogP contribution is -2.41. The third-order valence-corrected chi connectivity index (χ3v) is 7.48. The van der Waals surface area contributed by atoms with Gasteiger partial charge in [-0.15, -0.1) is 0 Å². The number of carbonyl (C=O) groups excluding carboxylic acids is 2. The fraction of sp³-hybridized carbons (Fsp3) is 0. The van der Waals surface area contributed by atoms with Crippen molar-refractivity contribution in [1.82, 2.24) is 9.38 Å². The second-order valence-electron chi connectivity index (χ2n) is 9.42. The van der Waals surface area contributed by atoms with Gasteiger partial charge in [-0.05, 0) is 41.1 Å². The van der Waals surface area contributed by atoms with E-state index >= 15 is 0 Å². The van der Waals surface area contributed by atoms with Crippen molar-refractivity contribution < 1.29 is 9.59 Å². The molecule has 0 fully saturated rings. The standard InChI is InChI=1S/C31H15N3O4/c35-28-22-14-5-15-23(33-29(36)20-12-3-8-17-9-4-13-21(25(17)20)30(33)37)26(22)34-27(32-28)18-10-1-6-16-7-2-11-19(24(16)18)31(34)38/h1-15H. The zero-order chi connectivity index (χ0) is 25.7. The monoisotopic (exact) mass is 493 g/mol. The molecule has 178 valence electrons. The molecule has 0 bridgehead atoms. The van der Waals surface area contributed by atoms with Crippen LogP contribution in [0.15, 0.2) is 101 Å². The van der Waals surface area contributed by atoms with Crippen molar-refractivity contribution in [2.24, 2.45) is 0 Å². The molecule has 2 aromatic heterocycles. The quantitative estimate of drug-likeness (QED) is 0.184. The molecule has 7 nitrogen and oxygen atoms in total. The van der Waals surface area contributed by atoms with Gasteiger partial charge >= 0.3 is 0 Å². The first-order valence-electron chi connectivity index (χ1n) is 12.1. The molecule has 0 saturated carbocycles. The SMILES string of the molecule is O=C1c2cccc3cccc(c23)C(=O)N1c1cccc2c(=O)nc3c4cccc5cccc(c(=O)n3c12)c54. The molecule has 0 N–H and O–H groups in total. The van der Waals surface area contributed by atoms with E-state index in [0.29, 0.717) is 27.3 Å². The minimum absolute atomic E-state index is 0.142. The van der Waals surface area contributed by atoms with Gasteiger partial charge in [0.2, 0.25) is 0 Å². The topological polar surface area (TPSA) is 88.8 Å². The Labute approximate surface area is 213 Å². The summed E-state index contributed by atoms with van der Waals surface area (Å²) in [5, 5.41) is 4.19. The number of amides is 2. The Morgan fingerprint density at radius 1 is 0.553 bits per heavy atom. The van der Waals surface area contributed by atoms with Crippen LogP contribution >= 0.6 is 0 Å². The van der Waals surface area contributed by atoms with E-state index in [0.717, 1.165) is 21.1 Å². The van der Waals surface area contributed by atoms with E-state index in [4.69, 9.17) is 0 Å². The summed E-state index contributed by atoms with van der Waals surface area (Å²) in [6.45, 7) is 0. The molecule has 7 heteroatoms. The summed E-state index contributed by atoms with van der Waals surface area (Å²) >= 11 is 0. The maximum Gasteiger partial charge on any atom is 0.281 e. The van der Waals surface area contributed by atoms with E-state index in [2.05, 4.69) is 4.98 Å². The number of nitrogens with zero attached hydrogens (tertiary/aromatic N) is 3. The van der Waals surface area contributed by atoms with Crippen molar-refractivity contribution in [3.05, 3.63) is 123 Å². The molecular weight excluding hydrogens is 478 g/mol. The predicted octanol–water partition coefficient (Wildman–Crippen LogP) is 4.91. The van der Waals surface area contributed by atoms with Crippen LogP contribution in [0.5, 0.6) is 0 Å². The number of pyridine rings is 1. The van der Waals surface area contributed by atoms with E-state index in [-0.39, 0.29) is 27.8 Å². The van der Waals surface area contributed by atoms with Gasteiger partial charge in [0.15, 0.2) is 5.65 Å². The molecule has 1 aliphatic heterocycles. The number of para-hydroxylation sites is 1. The fourth-order valence-corrected chi connectivity index (χ4v) is 5.89. The molecule has 2 amide bonds. The Bertz CT molecular complexity index is 2280. The van der Waals surface area contributed by atoms with Gasteiger partial charge in [0.25, 0.3) is 22.9 Å². The molecule has 8 rings (SSSR count). The van der Waals surface area contributed by atoms with Crippen LogP contribution < -0.4 is 16.0 Å². The van der Waals surface area contributed by atoms with E-state index in [1.807, 2.05) is 36.4 Å². The Morgan fingerprint density at radius 3 is 1.79 bits per heavy atom. The van der Waals surface area contributed by atoms with E-state index in [1.165, 1.54) is 4.40 Å². The number of aromatic nitrogens is 2. The van der Waals surface area contributed by atoms with Crippen LogP contribution in [0.2, 0.25) is 0 Å². The summed E-state index contributed by atoms with van der Waals surface area (Å²) in [5.41, 5.74) is 0.351. The molecule has 1 aliphatic rings. The van der Waals surface area contributed by atoms with Crippen LogP contribution in [0.1, 0.15) is 20.7 Å². The highest BCUT2D eigenvalue weighted by Crippen LogP contribution is 2.36. The molecular formula is C31H15N3O4. The highest BCUT2D eigenvalue weighted by atomic mass is 16.2. The summed E-state index contributed by atoms with van der Waals surface area (Å²) in [7, 11) is 0. The van der Waals surface area contributed by atoms with Crippen LogP contribution in [-0.2, 0) is 0 Å². The molecule has 0 unspecified atom stereocenters. The number of hydrogen-bond acceptors (Lipinski definition) is 5. The second-order valence-corrected chi connectivity index (χ2v) is 9.42. The molecule has 0 aliphatic carbocycles. The summed E-state index contributed by atoms with van der Waals surface area (Å²) < 4.78 is 1.37. The van der Waals surface area contributed by atoms with Crippen LogP contribution in [-0.4, -0.2) is 21.2 Å². The Balaban J connectivity index is 1.56. The van der Waals surface area contributed by atoms with Crippen LogP contribution in [0, 0.1) is 0 Å². The third kappa shape index (κ3) is 2.44. The average Bonchev–Trinajstić information content (AvgIpc) is 2.94. The number of fused-ring (bicyclic) bond motifs is 4. The summed E-state index contributed by atoms with van der Waals surface area (Å²) in [4.78, 5) is 60.4. The number of hydrogen-bond donors (Lipinski definition) is 0. The lowest BCUT2D eigenvalue weighted by atomic mass is 9.93. The van der Waals surface area contributed by atoms with Gasteiger partial charge in [-0.1, -0.05) is 60.7 Å². The molecule has 0 spiro atoms. The number of carbonyl (C=O) groups is 2. The van der Waals surface area contributed by atoms with Crippen molar-refractivity contribution in [2.75, 3.05) is 4.90 Å². The number of benzene rings is 5. The summed E-state index contributed by atoms with van der Waals surface area (Å²) in [5.74, 6) is -1.03. The zero-order valence-corrected chi connectivity index (χ0v) is 19.6. The Morgan fingerprint density at radius 2 is 1.11 bits per heavy atom. The highest BCUT2D eigenvalue weighted by molar-refractivity contribution is 6.37. The highest BCUT2D eigenvalue weighted by Gasteiger charge is 2.35. The van der Waals surface area contributed by atoms with Crippen molar-refractivity contribution in [3.8, 4) is 0 Å². The Kier molecular flexibility index (Phi) is 3.86. The van der Waals surface area contributed by atoms with E-state index in [1.54, 1.807) is 54.6 Å². The minimum Gasteiger partial charge on any atom is -0.268 e. The van der Waals surface area contributed by atoms with Crippen molar-refractivity contribution in [1.29, 1.82) is 0 Å². The summed E-state index contributed by atoms with van der Waals surface area (Å²) in [6.07, 6.45) is 0. The predicted molar refractivity (Wildman–Crippen MR) is 147 cm³/mol. The lowest BCUT2D eigenvalue weighted by molar-refractivity contribution is 0.0894. The van der Waals surface area contributed by atoms with Gasteiger partial charge in [-0.3, -0.25) is 23.6 Å². The third-order valence-electron chi connectivity index (χ3n) is 7.48. The zero-order valence-electron chi connectivity index (χ0n) is 19.6. The maximum atomic E-state index is 14.0. The number of rotatable bonds is 1. The van der Waals surface area contributed by atoms with Crippen molar-refractivity contribution >= 4 is 66.4 Å². The molecule has 3 heterocycles. The molecule has 5 aromatic carbocycles. The van der Waals surface area contributed by atoms with Gasteiger partial charge in [0, 0.05) is 32.7 Å². The van der Waals surface area contributed by atoms with Crippen LogP contribution in [0.3, 0.4) is 0 Å². The van der Waals surface area contributed by atoms with E-state index in [9.17, 15) is 19.2 Å². The van der Waals surface area contributed by atoms with E-state index < -0.39 is 17.4 Å². The Hall–Kier alpha value is -5.43. The molecule has 0 radical (unpaired) electrons. The first-order valence-corrected chi connectivity index (χ1v) is 12.1. The van der Waals surface area contributed by atoms with Gasteiger partial charge in [0.05, 0.1) is 16.6 Å². The van der Waals surface area contributed by atoms with Gasteiger partial charge in [0.1, 0.15) is 0 Å². The summed E-state index contributed by atoms with van der Waals surface area (Å²) in [6, 6.07) is 26.4. The molecule has 7 aromatic rings. The van der Waals surface area contributed by atoms with Gasteiger partial charge < -0.3 is 0 Å². The largest absolute Gasteiger partial charge is 0.281 e. The van der Waals surface area contributed by atoms with Crippen LogP contribution in [0.25, 0.3) is 48.9 Å². The average molecular weight is 493 g/mol. The van der Waals surface area contributed by atoms with Gasteiger partial charge in [-0.25, -0.2) is 4.90 Å². The van der Waals surface area contributed by atoms with Crippen molar-refractivity contribution in [3.63, 3.8) is 0 Å². The first-order chi connectivity index (χ1) is 18.5. The van der Waals surface area contributed by atoms with Crippen molar-refractivity contribution in [2.45, 2.75) is 0 Å². The van der Waals surface area contributed by atoms with Crippen LogP contribution in [0.4, 0.5) is 5.69 Å². The second kappa shape index (κ2) is 7.08. The normalized spacial score (nSPS) is 13.5. The van der Waals surface area contributed by atoms with Gasteiger partial charge in [-0.2, -0.15) is 4.98 Å². The first kappa shape index (κ1) is 20.7. The minimum atomic E-state index is -0.545. The molecule has 38 heavy (non-hydrogen) atoms. The smallest absolute Gasteiger partial charge is 0.268 e. The number of imide groups is 1. The fourth-order valence-electron chi connectivity index (χ4n) is 5.89. The number of anilines is 1. The molecule has 0 saturated heterocycles. The maximum absolute atomic E-state index is 14.0.